The molecule has 5 heteroatoms. The highest BCUT2D eigenvalue weighted by Gasteiger charge is 2.10. The maximum Gasteiger partial charge on any atom is 0.221 e. The van der Waals surface area contributed by atoms with Crippen molar-refractivity contribution in [3.63, 3.8) is 0 Å². The number of piperidine rings is 1. The predicted molar refractivity (Wildman–Crippen MR) is 90.5 cm³/mol. The number of benzene rings is 1. The summed E-state index contributed by atoms with van der Waals surface area (Å²) in [7, 11) is 1.63. The Kier molecular flexibility index (Phi) is 7.03. The Morgan fingerprint density at radius 2 is 1.86 bits per heavy atom. The highest BCUT2D eigenvalue weighted by Crippen LogP contribution is 2.21. The third-order valence-corrected chi connectivity index (χ3v) is 3.90. The first-order valence-corrected chi connectivity index (χ1v) is 8.14. The van der Waals surface area contributed by atoms with Crippen LogP contribution in [0.3, 0.4) is 0 Å². The molecule has 5 nitrogen and oxygen atoms in total. The van der Waals surface area contributed by atoms with Crippen molar-refractivity contribution in [1.82, 2.24) is 5.32 Å². The Morgan fingerprint density at radius 3 is 2.55 bits per heavy atom. The van der Waals surface area contributed by atoms with E-state index in [2.05, 4.69) is 39.8 Å². The number of carbonyl (C=O) groups is 1. The third-order valence-electron chi connectivity index (χ3n) is 3.90. The van der Waals surface area contributed by atoms with Gasteiger partial charge in [-0.05, 0) is 43.5 Å². The Balaban J connectivity index is 1.69. The van der Waals surface area contributed by atoms with Crippen molar-refractivity contribution >= 4 is 17.3 Å². The van der Waals surface area contributed by atoms with Gasteiger partial charge in [-0.25, -0.2) is 0 Å². The standard InChI is InChI=1S/C17H27N3O2/c1-22-14-11-19-17(21)9-10-18-15-5-7-16(8-6-15)20-12-3-2-4-13-20/h5-8,18H,2-4,9-14H2,1H3,(H,19,21). The lowest BCUT2D eigenvalue weighted by molar-refractivity contribution is -0.121. The molecule has 0 aromatic heterocycles. The molecule has 0 aliphatic carbocycles. The van der Waals surface area contributed by atoms with E-state index in [1.807, 2.05) is 0 Å². The zero-order valence-electron chi connectivity index (χ0n) is 13.4. The lowest BCUT2D eigenvalue weighted by Gasteiger charge is -2.28. The van der Waals surface area contributed by atoms with Gasteiger partial charge in [-0.2, -0.15) is 0 Å². The van der Waals surface area contributed by atoms with Gasteiger partial charge in [0.1, 0.15) is 0 Å². The van der Waals surface area contributed by atoms with Crippen LogP contribution in [0.5, 0.6) is 0 Å². The van der Waals surface area contributed by atoms with Crippen molar-refractivity contribution in [3.8, 4) is 0 Å². The van der Waals surface area contributed by atoms with Gasteiger partial charge in [0, 0.05) is 51.1 Å². The molecule has 0 spiro atoms. The van der Waals surface area contributed by atoms with Crippen LogP contribution in [0.25, 0.3) is 0 Å². The van der Waals surface area contributed by atoms with E-state index in [-0.39, 0.29) is 5.91 Å². The maximum atomic E-state index is 11.6. The first-order chi connectivity index (χ1) is 10.8. The van der Waals surface area contributed by atoms with Crippen LogP contribution in [0, 0.1) is 0 Å². The van der Waals surface area contributed by atoms with Crippen LogP contribution in [0.4, 0.5) is 11.4 Å². The van der Waals surface area contributed by atoms with Gasteiger partial charge in [-0.15, -0.1) is 0 Å². The van der Waals surface area contributed by atoms with Gasteiger partial charge < -0.3 is 20.3 Å². The van der Waals surface area contributed by atoms with Gasteiger partial charge in [-0.1, -0.05) is 0 Å². The summed E-state index contributed by atoms with van der Waals surface area (Å²) >= 11 is 0. The average molecular weight is 305 g/mol. The molecule has 1 amide bonds. The second-order valence-electron chi connectivity index (χ2n) is 5.61. The molecule has 2 rings (SSSR count). The van der Waals surface area contributed by atoms with Gasteiger partial charge in [-0.3, -0.25) is 4.79 Å². The average Bonchev–Trinajstić information content (AvgIpc) is 2.57. The van der Waals surface area contributed by atoms with Crippen molar-refractivity contribution in [1.29, 1.82) is 0 Å². The molecular formula is C17H27N3O2. The van der Waals surface area contributed by atoms with Crippen LogP contribution in [0.1, 0.15) is 25.7 Å². The summed E-state index contributed by atoms with van der Waals surface area (Å²) in [6, 6.07) is 8.50. The number of hydrogen-bond acceptors (Lipinski definition) is 4. The summed E-state index contributed by atoms with van der Waals surface area (Å²) in [5, 5.41) is 6.10. The molecule has 122 valence electrons. The number of nitrogens with zero attached hydrogens (tertiary/aromatic N) is 1. The molecule has 1 fully saturated rings. The number of methoxy groups -OCH3 is 1. The smallest absolute Gasteiger partial charge is 0.221 e. The van der Waals surface area contributed by atoms with E-state index < -0.39 is 0 Å². The Morgan fingerprint density at radius 1 is 1.14 bits per heavy atom. The summed E-state index contributed by atoms with van der Waals surface area (Å²) in [4.78, 5) is 14.0. The number of rotatable bonds is 8. The molecule has 1 heterocycles. The number of nitrogens with one attached hydrogen (secondary N) is 2. The molecule has 1 aliphatic rings. The SMILES string of the molecule is COCCNC(=O)CCNc1ccc(N2CCCCC2)cc1. The Bertz CT molecular complexity index is 442. The van der Waals surface area contributed by atoms with Crippen LogP contribution in [-0.2, 0) is 9.53 Å². The minimum atomic E-state index is 0.0505. The fraction of sp³-hybridized carbons (Fsp3) is 0.588. The zero-order valence-corrected chi connectivity index (χ0v) is 13.4. The number of amides is 1. The quantitative estimate of drug-likeness (QED) is 0.723. The predicted octanol–water partition coefficient (Wildman–Crippen LogP) is 2.24. The maximum absolute atomic E-state index is 11.6. The number of anilines is 2. The first-order valence-electron chi connectivity index (χ1n) is 8.14. The first kappa shape index (κ1) is 16.6. The molecule has 0 bridgehead atoms. The monoisotopic (exact) mass is 305 g/mol. The van der Waals surface area contributed by atoms with Crippen molar-refractivity contribution < 1.29 is 9.53 Å². The van der Waals surface area contributed by atoms with E-state index in [0.717, 1.165) is 18.8 Å². The van der Waals surface area contributed by atoms with Gasteiger partial charge in [0.05, 0.1) is 6.61 Å². The van der Waals surface area contributed by atoms with Gasteiger partial charge in [0.25, 0.3) is 0 Å². The largest absolute Gasteiger partial charge is 0.385 e. The third kappa shape index (κ3) is 5.56. The molecule has 1 aromatic rings. The van der Waals surface area contributed by atoms with Crippen LogP contribution < -0.4 is 15.5 Å². The van der Waals surface area contributed by atoms with Gasteiger partial charge in [0.2, 0.25) is 5.91 Å². The minimum absolute atomic E-state index is 0.0505. The van der Waals surface area contributed by atoms with Gasteiger partial charge in [0.15, 0.2) is 0 Å². The van der Waals surface area contributed by atoms with Gasteiger partial charge >= 0.3 is 0 Å². The number of ether oxygens (including phenoxy) is 1. The fourth-order valence-electron chi connectivity index (χ4n) is 2.64. The lowest BCUT2D eigenvalue weighted by Crippen LogP contribution is -2.29. The van der Waals surface area contributed by atoms with E-state index in [1.165, 1.54) is 24.9 Å². The van der Waals surface area contributed by atoms with E-state index in [1.54, 1.807) is 7.11 Å². The summed E-state index contributed by atoms with van der Waals surface area (Å²) in [6.07, 6.45) is 4.40. The topological polar surface area (TPSA) is 53.6 Å². The molecule has 1 saturated heterocycles. The van der Waals surface area contributed by atoms with Crippen molar-refractivity contribution in [3.05, 3.63) is 24.3 Å². The summed E-state index contributed by atoms with van der Waals surface area (Å²) < 4.78 is 4.89. The van der Waals surface area contributed by atoms with E-state index in [9.17, 15) is 4.79 Å². The molecule has 22 heavy (non-hydrogen) atoms. The summed E-state index contributed by atoms with van der Waals surface area (Å²) in [5.74, 6) is 0.0505. The van der Waals surface area contributed by atoms with Crippen LogP contribution >= 0.6 is 0 Å². The molecule has 0 saturated carbocycles. The number of hydrogen-bond donors (Lipinski definition) is 2. The van der Waals surface area contributed by atoms with Crippen molar-refractivity contribution in [2.45, 2.75) is 25.7 Å². The molecule has 0 radical (unpaired) electrons. The second-order valence-corrected chi connectivity index (χ2v) is 5.61. The molecule has 1 aliphatic heterocycles. The van der Waals surface area contributed by atoms with Crippen LogP contribution in [0.2, 0.25) is 0 Å². The Labute approximate surface area is 133 Å². The summed E-state index contributed by atoms with van der Waals surface area (Å²) in [5.41, 5.74) is 2.35. The van der Waals surface area contributed by atoms with E-state index >= 15 is 0 Å². The number of carbonyl (C=O) groups excluding carboxylic acids is 1. The summed E-state index contributed by atoms with van der Waals surface area (Å²) in [6.45, 7) is 4.09. The fourth-order valence-corrected chi connectivity index (χ4v) is 2.64. The second kappa shape index (κ2) is 9.30. The highest BCUT2D eigenvalue weighted by atomic mass is 16.5. The van der Waals surface area contributed by atoms with Crippen LogP contribution in [-0.4, -0.2) is 45.8 Å². The van der Waals surface area contributed by atoms with E-state index in [4.69, 9.17) is 4.74 Å². The van der Waals surface area contributed by atoms with E-state index in [0.29, 0.717) is 26.1 Å². The van der Waals surface area contributed by atoms with Crippen LogP contribution in [0.15, 0.2) is 24.3 Å². The molecule has 0 unspecified atom stereocenters. The zero-order chi connectivity index (χ0) is 15.6. The lowest BCUT2D eigenvalue weighted by atomic mass is 10.1. The van der Waals surface area contributed by atoms with Crippen molar-refractivity contribution in [2.24, 2.45) is 0 Å². The minimum Gasteiger partial charge on any atom is -0.385 e. The molecule has 1 aromatic carbocycles. The molecule has 0 atom stereocenters. The molecule has 2 N–H and O–H groups in total. The molecular weight excluding hydrogens is 278 g/mol. The normalized spacial score (nSPS) is 14.7. The van der Waals surface area contributed by atoms with Crippen molar-refractivity contribution in [2.75, 3.05) is 50.1 Å². The Hall–Kier alpha value is -1.75. The highest BCUT2D eigenvalue weighted by molar-refractivity contribution is 5.76.